The number of hydrogen-bond donors (Lipinski definition) is 2. The van der Waals surface area contributed by atoms with Crippen molar-refractivity contribution < 1.29 is 5.11 Å². The van der Waals surface area contributed by atoms with E-state index in [1.807, 2.05) is 13.8 Å². The summed E-state index contributed by atoms with van der Waals surface area (Å²) in [5.41, 5.74) is 6.39. The third-order valence-corrected chi connectivity index (χ3v) is 2.26. The molecule has 64 valence electrons. The largest absolute Gasteiger partial charge is 0.390 e. The molecule has 1 aliphatic rings. The normalized spacial score (nSPS) is 34.7. The summed E-state index contributed by atoms with van der Waals surface area (Å²) in [6, 6.07) is 0.0989. The Kier molecular flexibility index (Phi) is 2.35. The quantitative estimate of drug-likeness (QED) is 0.559. The van der Waals surface area contributed by atoms with Gasteiger partial charge in [-0.05, 0) is 33.1 Å². The smallest absolute Gasteiger partial charge is 0.0660 e. The molecule has 1 aliphatic carbocycles. The van der Waals surface area contributed by atoms with E-state index in [1.165, 1.54) is 5.57 Å². The van der Waals surface area contributed by atoms with Crippen molar-refractivity contribution >= 4 is 0 Å². The monoisotopic (exact) mass is 155 g/mol. The lowest BCUT2D eigenvalue weighted by molar-refractivity contribution is 0.0462. The summed E-state index contributed by atoms with van der Waals surface area (Å²) in [6.07, 6.45) is 4.72. The van der Waals surface area contributed by atoms with E-state index in [1.54, 1.807) is 0 Å². The van der Waals surface area contributed by atoms with Gasteiger partial charge in [0.25, 0.3) is 0 Å². The van der Waals surface area contributed by atoms with Crippen LogP contribution in [0.4, 0.5) is 0 Å². The zero-order chi connectivity index (χ0) is 8.48. The molecule has 0 heterocycles. The van der Waals surface area contributed by atoms with Crippen molar-refractivity contribution in [2.45, 2.75) is 44.8 Å². The Labute approximate surface area is 68.1 Å². The van der Waals surface area contributed by atoms with E-state index in [0.29, 0.717) is 0 Å². The Morgan fingerprint density at radius 2 is 2.36 bits per heavy atom. The Bertz CT molecular complexity index is 170. The van der Waals surface area contributed by atoms with Gasteiger partial charge in [0.15, 0.2) is 0 Å². The molecule has 0 saturated carbocycles. The van der Waals surface area contributed by atoms with Gasteiger partial charge in [-0.25, -0.2) is 0 Å². The third kappa shape index (κ3) is 2.31. The van der Waals surface area contributed by atoms with Gasteiger partial charge in [0, 0.05) is 6.04 Å². The van der Waals surface area contributed by atoms with Crippen LogP contribution in [0.2, 0.25) is 0 Å². The molecule has 2 heteroatoms. The number of aliphatic hydroxyl groups is 1. The summed E-state index contributed by atoms with van der Waals surface area (Å²) in [5.74, 6) is 0. The minimum atomic E-state index is -0.516. The van der Waals surface area contributed by atoms with Crippen molar-refractivity contribution in [3.63, 3.8) is 0 Å². The molecule has 0 aromatic heterocycles. The lowest BCUT2D eigenvalue weighted by atomic mass is 9.84. The first-order valence-electron chi connectivity index (χ1n) is 4.18. The van der Waals surface area contributed by atoms with Crippen molar-refractivity contribution in [1.82, 2.24) is 0 Å². The van der Waals surface area contributed by atoms with Crippen LogP contribution in [0, 0.1) is 0 Å². The van der Waals surface area contributed by atoms with E-state index in [-0.39, 0.29) is 6.04 Å². The molecule has 11 heavy (non-hydrogen) atoms. The second kappa shape index (κ2) is 2.95. The Morgan fingerprint density at radius 1 is 1.73 bits per heavy atom. The highest BCUT2D eigenvalue weighted by Crippen LogP contribution is 2.28. The average Bonchev–Trinajstić information content (AvgIpc) is 1.85. The summed E-state index contributed by atoms with van der Waals surface area (Å²) in [5, 5.41) is 9.70. The Balaban J connectivity index is 2.63. The zero-order valence-corrected chi connectivity index (χ0v) is 7.30. The van der Waals surface area contributed by atoms with Gasteiger partial charge in [-0.15, -0.1) is 0 Å². The van der Waals surface area contributed by atoms with Gasteiger partial charge in [0.2, 0.25) is 0 Å². The standard InChI is InChI=1S/C9H17NO/c1-7(10)8-4-3-5-9(2,11)6-8/h4,7,11H,3,5-6,10H2,1-2H3/t7-,9+/m0/s1. The zero-order valence-electron chi connectivity index (χ0n) is 7.30. The lowest BCUT2D eigenvalue weighted by Gasteiger charge is -2.29. The minimum Gasteiger partial charge on any atom is -0.390 e. The average molecular weight is 155 g/mol. The fraction of sp³-hybridized carbons (Fsp3) is 0.778. The molecule has 1 rings (SSSR count). The third-order valence-electron chi connectivity index (χ3n) is 2.26. The molecule has 0 radical (unpaired) electrons. The van der Waals surface area contributed by atoms with E-state index in [9.17, 15) is 5.11 Å². The molecule has 3 N–H and O–H groups in total. The summed E-state index contributed by atoms with van der Waals surface area (Å²) < 4.78 is 0. The van der Waals surface area contributed by atoms with Crippen LogP contribution in [0.25, 0.3) is 0 Å². The van der Waals surface area contributed by atoms with Crippen LogP contribution in [-0.4, -0.2) is 16.7 Å². The highest BCUT2D eigenvalue weighted by atomic mass is 16.3. The van der Waals surface area contributed by atoms with Crippen LogP contribution in [0.5, 0.6) is 0 Å². The van der Waals surface area contributed by atoms with Crippen LogP contribution < -0.4 is 5.73 Å². The maximum atomic E-state index is 9.70. The molecule has 0 aromatic carbocycles. The fourth-order valence-corrected chi connectivity index (χ4v) is 1.52. The molecule has 0 bridgehead atoms. The summed E-state index contributed by atoms with van der Waals surface area (Å²) in [7, 11) is 0. The maximum Gasteiger partial charge on any atom is 0.0660 e. The SMILES string of the molecule is C[C@H](N)C1=CCC[C@@](C)(O)C1. The molecule has 2 nitrogen and oxygen atoms in total. The van der Waals surface area contributed by atoms with Crippen LogP contribution in [0.15, 0.2) is 11.6 Å². The van der Waals surface area contributed by atoms with Gasteiger partial charge in [0.1, 0.15) is 0 Å². The molecule has 0 aromatic rings. The molecule has 0 saturated heterocycles. The van der Waals surface area contributed by atoms with Gasteiger partial charge in [0.05, 0.1) is 5.60 Å². The van der Waals surface area contributed by atoms with Gasteiger partial charge in [-0.1, -0.05) is 11.6 Å². The predicted octanol–water partition coefficient (Wildman–Crippen LogP) is 1.19. The summed E-state index contributed by atoms with van der Waals surface area (Å²) in [6.45, 7) is 3.84. The Morgan fingerprint density at radius 3 is 2.73 bits per heavy atom. The molecule has 2 atom stereocenters. The molecule has 0 unspecified atom stereocenters. The van der Waals surface area contributed by atoms with E-state index < -0.39 is 5.60 Å². The lowest BCUT2D eigenvalue weighted by Crippen LogP contribution is -2.32. The molecule has 0 fully saturated rings. The predicted molar refractivity (Wildman–Crippen MR) is 46.2 cm³/mol. The van der Waals surface area contributed by atoms with Gasteiger partial charge in [-0.2, -0.15) is 0 Å². The van der Waals surface area contributed by atoms with Crippen molar-refractivity contribution in [2.24, 2.45) is 5.73 Å². The van der Waals surface area contributed by atoms with E-state index in [2.05, 4.69) is 6.08 Å². The number of nitrogens with two attached hydrogens (primary N) is 1. The topological polar surface area (TPSA) is 46.2 Å². The summed E-state index contributed by atoms with van der Waals surface area (Å²) >= 11 is 0. The van der Waals surface area contributed by atoms with Crippen molar-refractivity contribution in [3.8, 4) is 0 Å². The van der Waals surface area contributed by atoms with E-state index in [0.717, 1.165) is 19.3 Å². The van der Waals surface area contributed by atoms with Crippen molar-refractivity contribution in [3.05, 3.63) is 11.6 Å². The Hall–Kier alpha value is -0.340. The number of rotatable bonds is 1. The highest BCUT2D eigenvalue weighted by molar-refractivity contribution is 5.15. The van der Waals surface area contributed by atoms with Crippen LogP contribution >= 0.6 is 0 Å². The second-order valence-electron chi connectivity index (χ2n) is 3.78. The molecule has 0 amide bonds. The van der Waals surface area contributed by atoms with Crippen LogP contribution in [0.1, 0.15) is 33.1 Å². The molecular weight excluding hydrogens is 138 g/mol. The highest BCUT2D eigenvalue weighted by Gasteiger charge is 2.25. The minimum absolute atomic E-state index is 0.0989. The van der Waals surface area contributed by atoms with Crippen molar-refractivity contribution in [1.29, 1.82) is 0 Å². The molecule has 0 spiro atoms. The van der Waals surface area contributed by atoms with E-state index in [4.69, 9.17) is 5.73 Å². The van der Waals surface area contributed by atoms with Crippen LogP contribution in [-0.2, 0) is 0 Å². The first-order valence-corrected chi connectivity index (χ1v) is 4.18. The van der Waals surface area contributed by atoms with Crippen LogP contribution in [0.3, 0.4) is 0 Å². The first-order chi connectivity index (χ1) is 5.01. The van der Waals surface area contributed by atoms with Gasteiger partial charge >= 0.3 is 0 Å². The first kappa shape index (κ1) is 8.75. The number of hydrogen-bond acceptors (Lipinski definition) is 2. The summed E-state index contributed by atoms with van der Waals surface area (Å²) in [4.78, 5) is 0. The maximum absolute atomic E-state index is 9.70. The molecular formula is C9H17NO. The second-order valence-corrected chi connectivity index (χ2v) is 3.78. The van der Waals surface area contributed by atoms with Crippen molar-refractivity contribution in [2.75, 3.05) is 0 Å². The fourth-order valence-electron chi connectivity index (χ4n) is 1.52. The molecule has 0 aliphatic heterocycles. The number of allylic oxidation sites excluding steroid dienone is 1. The van der Waals surface area contributed by atoms with Gasteiger partial charge < -0.3 is 10.8 Å². The van der Waals surface area contributed by atoms with E-state index >= 15 is 0 Å². The van der Waals surface area contributed by atoms with Gasteiger partial charge in [-0.3, -0.25) is 0 Å².